The number of carbonyl (C=O) groups is 1. The van der Waals surface area contributed by atoms with Gasteiger partial charge in [-0.3, -0.25) is 0 Å². The molecule has 17 heavy (non-hydrogen) atoms. The number of ether oxygens (including phenoxy) is 1. The Balaban J connectivity index is 2.19. The SMILES string of the molecule is CCN(Cc1cc2ccccc2[nH]1)C(=O)OC. The third-order valence-electron chi connectivity index (χ3n) is 2.76. The standard InChI is InChI=1S/C13H16N2O2/c1-3-15(13(16)17-2)9-11-8-10-6-4-5-7-12(10)14-11/h4-8,14H,3,9H2,1-2H3. The van der Waals surface area contributed by atoms with Crippen LogP contribution in [0.25, 0.3) is 10.9 Å². The lowest BCUT2D eigenvalue weighted by Gasteiger charge is -2.17. The minimum absolute atomic E-state index is 0.300. The van der Waals surface area contributed by atoms with E-state index in [2.05, 4.69) is 11.1 Å². The third-order valence-corrected chi connectivity index (χ3v) is 2.76. The van der Waals surface area contributed by atoms with Crippen LogP contribution in [0.5, 0.6) is 0 Å². The second kappa shape index (κ2) is 4.91. The Morgan fingerprint density at radius 2 is 2.18 bits per heavy atom. The Morgan fingerprint density at radius 1 is 1.41 bits per heavy atom. The molecule has 2 aromatic rings. The van der Waals surface area contributed by atoms with Gasteiger partial charge >= 0.3 is 6.09 Å². The van der Waals surface area contributed by atoms with Crippen molar-refractivity contribution >= 4 is 17.0 Å². The highest BCUT2D eigenvalue weighted by Gasteiger charge is 2.12. The molecule has 0 saturated carbocycles. The number of hydrogen-bond donors (Lipinski definition) is 1. The summed E-state index contributed by atoms with van der Waals surface area (Å²) >= 11 is 0. The Bertz CT molecular complexity index is 486. The summed E-state index contributed by atoms with van der Waals surface area (Å²) in [5.74, 6) is 0. The normalized spacial score (nSPS) is 10.5. The maximum Gasteiger partial charge on any atom is 0.409 e. The molecule has 0 saturated heterocycles. The molecule has 1 N–H and O–H groups in total. The van der Waals surface area contributed by atoms with Crippen LogP contribution in [0, 0.1) is 0 Å². The summed E-state index contributed by atoms with van der Waals surface area (Å²) in [4.78, 5) is 16.4. The fourth-order valence-corrected chi connectivity index (χ4v) is 1.86. The van der Waals surface area contributed by atoms with Crippen LogP contribution in [0.1, 0.15) is 12.6 Å². The topological polar surface area (TPSA) is 45.3 Å². The second-order valence-corrected chi connectivity index (χ2v) is 3.87. The van der Waals surface area contributed by atoms with Crippen LogP contribution in [-0.4, -0.2) is 29.6 Å². The molecule has 4 heteroatoms. The molecule has 0 aliphatic rings. The summed E-state index contributed by atoms with van der Waals surface area (Å²) in [6, 6.07) is 10.1. The first kappa shape index (κ1) is 11.5. The molecule has 0 aliphatic carbocycles. The molecule has 0 aliphatic heterocycles. The third kappa shape index (κ3) is 2.41. The first-order valence-corrected chi connectivity index (χ1v) is 5.64. The van der Waals surface area contributed by atoms with Crippen molar-refractivity contribution in [3.63, 3.8) is 0 Å². The van der Waals surface area contributed by atoms with Crippen molar-refractivity contribution in [2.24, 2.45) is 0 Å². The largest absolute Gasteiger partial charge is 0.453 e. The molecule has 0 bridgehead atoms. The van der Waals surface area contributed by atoms with Gasteiger partial charge in [-0.2, -0.15) is 0 Å². The van der Waals surface area contributed by atoms with Gasteiger partial charge in [0.1, 0.15) is 0 Å². The lowest BCUT2D eigenvalue weighted by atomic mass is 10.2. The van der Waals surface area contributed by atoms with Crippen molar-refractivity contribution in [1.82, 2.24) is 9.88 Å². The highest BCUT2D eigenvalue weighted by Crippen LogP contribution is 2.16. The lowest BCUT2D eigenvalue weighted by molar-refractivity contribution is 0.123. The van der Waals surface area contributed by atoms with E-state index < -0.39 is 0 Å². The smallest absolute Gasteiger partial charge is 0.409 e. The number of H-pyrrole nitrogens is 1. The van der Waals surface area contributed by atoms with Gasteiger partial charge < -0.3 is 14.6 Å². The maximum absolute atomic E-state index is 11.5. The molecule has 4 nitrogen and oxygen atoms in total. The van der Waals surface area contributed by atoms with Crippen LogP contribution in [0.4, 0.5) is 4.79 Å². The van der Waals surface area contributed by atoms with Crippen LogP contribution in [0.2, 0.25) is 0 Å². The van der Waals surface area contributed by atoms with Crippen LogP contribution in [0.3, 0.4) is 0 Å². The second-order valence-electron chi connectivity index (χ2n) is 3.87. The number of methoxy groups -OCH3 is 1. The van der Waals surface area contributed by atoms with E-state index in [-0.39, 0.29) is 6.09 Å². The number of benzene rings is 1. The minimum Gasteiger partial charge on any atom is -0.453 e. The summed E-state index contributed by atoms with van der Waals surface area (Å²) in [6.45, 7) is 3.10. The summed E-state index contributed by atoms with van der Waals surface area (Å²) < 4.78 is 4.72. The quantitative estimate of drug-likeness (QED) is 0.884. The molecule has 1 aromatic heterocycles. The number of aromatic nitrogens is 1. The predicted octanol–water partition coefficient (Wildman–Crippen LogP) is 2.76. The number of hydrogen-bond acceptors (Lipinski definition) is 2. The first-order valence-electron chi connectivity index (χ1n) is 5.64. The zero-order chi connectivity index (χ0) is 12.3. The van der Waals surface area contributed by atoms with E-state index in [4.69, 9.17) is 4.74 Å². The van der Waals surface area contributed by atoms with Gasteiger partial charge in [-0.05, 0) is 24.4 Å². The molecule has 0 spiro atoms. The number of carbonyl (C=O) groups excluding carboxylic acids is 1. The van der Waals surface area contributed by atoms with E-state index in [9.17, 15) is 4.79 Å². The number of aromatic amines is 1. The van der Waals surface area contributed by atoms with E-state index >= 15 is 0 Å². The zero-order valence-electron chi connectivity index (χ0n) is 10.1. The molecule has 2 rings (SSSR count). The van der Waals surface area contributed by atoms with Crippen LogP contribution in [-0.2, 0) is 11.3 Å². The van der Waals surface area contributed by atoms with Gasteiger partial charge in [0, 0.05) is 17.8 Å². The summed E-state index contributed by atoms with van der Waals surface area (Å²) in [5, 5.41) is 1.16. The van der Waals surface area contributed by atoms with E-state index in [1.165, 1.54) is 7.11 Å². The number of nitrogens with one attached hydrogen (secondary N) is 1. The average molecular weight is 232 g/mol. The van der Waals surface area contributed by atoms with Gasteiger partial charge in [0.05, 0.1) is 13.7 Å². The number of fused-ring (bicyclic) bond motifs is 1. The summed E-state index contributed by atoms with van der Waals surface area (Å²) in [5.41, 5.74) is 2.10. The average Bonchev–Trinajstić information content (AvgIpc) is 2.77. The maximum atomic E-state index is 11.5. The first-order chi connectivity index (χ1) is 8.24. The summed E-state index contributed by atoms with van der Waals surface area (Å²) in [6.07, 6.45) is -0.300. The van der Waals surface area contributed by atoms with E-state index in [1.807, 2.05) is 31.2 Å². The molecule has 1 aromatic carbocycles. The Hall–Kier alpha value is -1.97. The molecule has 0 fully saturated rings. The number of nitrogens with zero attached hydrogens (tertiary/aromatic N) is 1. The van der Waals surface area contributed by atoms with E-state index in [0.717, 1.165) is 16.6 Å². The molecule has 1 heterocycles. The van der Waals surface area contributed by atoms with Gasteiger partial charge in [0.25, 0.3) is 0 Å². The van der Waals surface area contributed by atoms with E-state index in [0.29, 0.717) is 13.1 Å². The van der Waals surface area contributed by atoms with Crippen LogP contribution < -0.4 is 0 Å². The minimum atomic E-state index is -0.300. The number of amides is 1. The Morgan fingerprint density at radius 3 is 2.82 bits per heavy atom. The number of para-hydroxylation sites is 1. The van der Waals surface area contributed by atoms with Crippen molar-refractivity contribution in [2.45, 2.75) is 13.5 Å². The van der Waals surface area contributed by atoms with Crippen molar-refractivity contribution in [1.29, 1.82) is 0 Å². The van der Waals surface area contributed by atoms with Gasteiger partial charge in [-0.15, -0.1) is 0 Å². The van der Waals surface area contributed by atoms with Gasteiger partial charge in [0.15, 0.2) is 0 Å². The van der Waals surface area contributed by atoms with Crippen molar-refractivity contribution in [2.75, 3.05) is 13.7 Å². The molecule has 0 unspecified atom stereocenters. The lowest BCUT2D eigenvalue weighted by Crippen LogP contribution is -2.30. The molecular weight excluding hydrogens is 216 g/mol. The molecule has 0 atom stereocenters. The number of rotatable bonds is 3. The molecule has 90 valence electrons. The Labute approximate surface area is 100 Å². The van der Waals surface area contributed by atoms with Crippen molar-refractivity contribution in [3.05, 3.63) is 36.0 Å². The molecule has 0 radical (unpaired) electrons. The summed E-state index contributed by atoms with van der Waals surface area (Å²) in [7, 11) is 1.40. The van der Waals surface area contributed by atoms with Crippen LogP contribution >= 0.6 is 0 Å². The molecular formula is C13H16N2O2. The highest BCUT2D eigenvalue weighted by atomic mass is 16.5. The van der Waals surface area contributed by atoms with Gasteiger partial charge in [-0.25, -0.2) is 4.79 Å². The molecule has 1 amide bonds. The predicted molar refractivity (Wildman–Crippen MR) is 66.8 cm³/mol. The zero-order valence-corrected chi connectivity index (χ0v) is 10.1. The highest BCUT2D eigenvalue weighted by molar-refractivity contribution is 5.80. The fraction of sp³-hybridized carbons (Fsp3) is 0.308. The van der Waals surface area contributed by atoms with E-state index in [1.54, 1.807) is 4.90 Å². The van der Waals surface area contributed by atoms with Crippen molar-refractivity contribution < 1.29 is 9.53 Å². The monoisotopic (exact) mass is 232 g/mol. The van der Waals surface area contributed by atoms with Crippen LogP contribution in [0.15, 0.2) is 30.3 Å². The Kier molecular flexibility index (Phi) is 3.32. The van der Waals surface area contributed by atoms with Gasteiger partial charge in [-0.1, -0.05) is 18.2 Å². The fourth-order valence-electron chi connectivity index (χ4n) is 1.86. The van der Waals surface area contributed by atoms with Gasteiger partial charge in [0.2, 0.25) is 0 Å². The van der Waals surface area contributed by atoms with Crippen molar-refractivity contribution in [3.8, 4) is 0 Å².